The summed E-state index contributed by atoms with van der Waals surface area (Å²) in [5.41, 5.74) is 8.27. The van der Waals surface area contributed by atoms with Gasteiger partial charge >= 0.3 is 0 Å². The minimum atomic E-state index is -0.0878. The number of hydrogen-bond donors (Lipinski definition) is 1. The van der Waals surface area contributed by atoms with Crippen LogP contribution >= 0.6 is 11.6 Å². The monoisotopic (exact) mass is 429 g/mol. The molecule has 30 heavy (non-hydrogen) atoms. The number of nitrogens with zero attached hydrogens (tertiary/aromatic N) is 1. The van der Waals surface area contributed by atoms with Crippen molar-refractivity contribution < 1.29 is 14.7 Å². The van der Waals surface area contributed by atoms with Gasteiger partial charge in [-0.3, -0.25) is 4.79 Å². The molecule has 0 spiro atoms. The third kappa shape index (κ3) is 5.42. The van der Waals surface area contributed by atoms with Gasteiger partial charge in [0.05, 0.1) is 11.3 Å². The summed E-state index contributed by atoms with van der Waals surface area (Å²) in [6, 6.07) is 2.19. The zero-order valence-electron chi connectivity index (χ0n) is 18.6. The molecule has 162 valence electrons. The number of Topliss-reactive ketones (excluding diaryl/α,β-unsaturated/α-hetero) is 1. The second-order valence-corrected chi connectivity index (χ2v) is 7.95. The second kappa shape index (κ2) is 11.2. The molecule has 0 fully saturated rings. The highest BCUT2D eigenvalue weighted by molar-refractivity contribution is 6.25. The number of rotatable bonds is 8. The predicted molar refractivity (Wildman–Crippen MR) is 124 cm³/mol. The predicted octanol–water partition coefficient (Wildman–Crippen LogP) is 6.52. The number of oxime groups is 1. The van der Waals surface area contributed by atoms with Crippen molar-refractivity contribution in [2.45, 2.75) is 66.2 Å². The Kier molecular flexibility index (Phi) is 8.91. The summed E-state index contributed by atoms with van der Waals surface area (Å²) in [5, 5.41) is 14.9. The van der Waals surface area contributed by atoms with Crippen molar-refractivity contribution in [1.82, 2.24) is 0 Å². The van der Waals surface area contributed by atoms with Crippen molar-refractivity contribution in [1.29, 1.82) is 0 Å². The Balaban J connectivity index is 2.40. The van der Waals surface area contributed by atoms with Gasteiger partial charge in [-0.15, -0.1) is 0 Å². The molecule has 0 aliphatic heterocycles. The smallest absolute Gasteiger partial charge is 0.168 e. The van der Waals surface area contributed by atoms with Crippen molar-refractivity contribution in [3.63, 3.8) is 0 Å². The van der Waals surface area contributed by atoms with Gasteiger partial charge in [0.25, 0.3) is 0 Å². The molecule has 0 radical (unpaired) electrons. The molecule has 0 saturated carbocycles. The third-order valence-electron chi connectivity index (χ3n) is 5.65. The van der Waals surface area contributed by atoms with Crippen molar-refractivity contribution >= 4 is 23.1 Å². The zero-order valence-corrected chi connectivity index (χ0v) is 19.3. The molecular formula is C25H32ClNO3. The van der Waals surface area contributed by atoms with E-state index in [4.69, 9.17) is 16.4 Å². The summed E-state index contributed by atoms with van der Waals surface area (Å²) in [5.74, 6) is -0.0256. The maximum Gasteiger partial charge on any atom is 0.168 e. The van der Waals surface area contributed by atoms with Crippen LogP contribution < -0.4 is 0 Å². The lowest BCUT2D eigenvalue weighted by molar-refractivity contribution is -0.116. The largest absolute Gasteiger partial charge is 0.511 e. The normalized spacial score (nSPS) is 18.1. The molecule has 0 amide bonds. The standard InChI is InChI=1S/C25H32ClNO3/c1-6-8-10-20-16(3)13-17(4)24(18(20)5)19-14-22(28)25(23(29)15-19)21(7-2)27-30-12-9-11-26/h6,8-9,11,13,19,28H,7,10,12,14-15H2,1-5H3/b8-6+,11-9?,27-21?. The molecule has 1 aliphatic rings. The first-order valence-corrected chi connectivity index (χ1v) is 10.9. The SMILES string of the molecule is C/C=C/Cc1c(C)cc(C)c(C2CC(=O)C(C(CC)=NOCC=CCl)=C(O)C2)c1C. The highest BCUT2D eigenvalue weighted by atomic mass is 35.5. The van der Waals surface area contributed by atoms with E-state index in [0.717, 1.165) is 6.42 Å². The van der Waals surface area contributed by atoms with Gasteiger partial charge in [-0.2, -0.15) is 0 Å². The fourth-order valence-corrected chi connectivity index (χ4v) is 4.40. The summed E-state index contributed by atoms with van der Waals surface area (Å²) < 4.78 is 0. The van der Waals surface area contributed by atoms with Crippen LogP contribution in [0.15, 0.2) is 46.3 Å². The van der Waals surface area contributed by atoms with Gasteiger partial charge in [0.15, 0.2) is 5.78 Å². The Morgan fingerprint density at radius 3 is 2.60 bits per heavy atom. The molecule has 5 heteroatoms. The van der Waals surface area contributed by atoms with Crippen LogP contribution in [-0.4, -0.2) is 23.2 Å². The van der Waals surface area contributed by atoms with Crippen LogP contribution in [0.4, 0.5) is 0 Å². The number of aliphatic hydroxyl groups excluding tert-OH is 1. The molecule has 1 aromatic carbocycles. The van der Waals surface area contributed by atoms with Crippen molar-refractivity contribution in [2.24, 2.45) is 5.16 Å². The van der Waals surface area contributed by atoms with Crippen molar-refractivity contribution in [3.05, 3.63) is 69.0 Å². The molecule has 1 N–H and O–H groups in total. The van der Waals surface area contributed by atoms with Gasteiger partial charge < -0.3 is 9.94 Å². The molecule has 2 rings (SSSR count). The number of carbonyl (C=O) groups is 1. The fourth-order valence-electron chi connectivity index (χ4n) is 4.33. The number of carbonyl (C=O) groups excluding carboxylic acids is 1. The Morgan fingerprint density at radius 2 is 2.00 bits per heavy atom. The van der Waals surface area contributed by atoms with Gasteiger partial charge in [-0.1, -0.05) is 41.9 Å². The molecule has 0 heterocycles. The Morgan fingerprint density at radius 1 is 1.27 bits per heavy atom. The van der Waals surface area contributed by atoms with E-state index in [1.807, 2.05) is 13.8 Å². The molecule has 0 aromatic heterocycles. The molecule has 1 aliphatic carbocycles. The van der Waals surface area contributed by atoms with E-state index in [2.05, 4.69) is 44.1 Å². The minimum Gasteiger partial charge on any atom is -0.511 e. The van der Waals surface area contributed by atoms with E-state index in [0.29, 0.717) is 30.5 Å². The first-order valence-electron chi connectivity index (χ1n) is 10.5. The van der Waals surface area contributed by atoms with Crippen molar-refractivity contribution in [3.8, 4) is 0 Å². The van der Waals surface area contributed by atoms with E-state index in [-0.39, 0.29) is 24.1 Å². The van der Waals surface area contributed by atoms with E-state index in [1.54, 1.807) is 6.08 Å². The number of ketones is 1. The maximum atomic E-state index is 13.0. The van der Waals surface area contributed by atoms with Crippen LogP contribution in [0.25, 0.3) is 0 Å². The van der Waals surface area contributed by atoms with Crippen molar-refractivity contribution in [2.75, 3.05) is 6.61 Å². The zero-order chi connectivity index (χ0) is 22.3. The molecule has 1 aromatic rings. The van der Waals surface area contributed by atoms with E-state index >= 15 is 0 Å². The number of hydrogen-bond acceptors (Lipinski definition) is 4. The lowest BCUT2D eigenvalue weighted by Gasteiger charge is -2.28. The fraction of sp³-hybridized carbons (Fsp3) is 0.440. The molecule has 1 atom stereocenters. The average molecular weight is 430 g/mol. The van der Waals surface area contributed by atoms with E-state index in [1.165, 1.54) is 33.4 Å². The van der Waals surface area contributed by atoms with Gasteiger partial charge in [-0.05, 0) is 80.3 Å². The third-order valence-corrected chi connectivity index (χ3v) is 5.83. The average Bonchev–Trinajstić information content (AvgIpc) is 2.68. The molecule has 0 bridgehead atoms. The lowest BCUT2D eigenvalue weighted by Crippen LogP contribution is -2.24. The minimum absolute atomic E-state index is 0.0376. The quantitative estimate of drug-likeness (QED) is 0.221. The highest BCUT2D eigenvalue weighted by Gasteiger charge is 2.33. The van der Waals surface area contributed by atoms with Gasteiger partial charge in [-0.25, -0.2) is 0 Å². The second-order valence-electron chi connectivity index (χ2n) is 7.70. The molecular weight excluding hydrogens is 398 g/mol. The first kappa shape index (κ1) is 23.9. The summed E-state index contributed by atoms with van der Waals surface area (Å²) in [7, 11) is 0. The topological polar surface area (TPSA) is 58.9 Å². The number of aliphatic hydroxyl groups is 1. The molecule has 4 nitrogen and oxygen atoms in total. The molecule has 0 saturated heterocycles. The number of halogens is 1. The van der Waals surface area contributed by atoms with Crippen LogP contribution in [0, 0.1) is 20.8 Å². The number of allylic oxidation sites excluding steroid dienone is 4. The molecule has 1 unspecified atom stereocenters. The van der Waals surface area contributed by atoms with Gasteiger partial charge in [0, 0.05) is 18.4 Å². The van der Waals surface area contributed by atoms with Crippen LogP contribution in [0.1, 0.15) is 66.8 Å². The summed E-state index contributed by atoms with van der Waals surface area (Å²) >= 11 is 5.48. The summed E-state index contributed by atoms with van der Waals surface area (Å²) in [4.78, 5) is 18.2. The van der Waals surface area contributed by atoms with Crippen LogP contribution in [0.5, 0.6) is 0 Å². The Bertz CT molecular complexity index is 909. The van der Waals surface area contributed by atoms with Crippen LogP contribution in [0.3, 0.4) is 0 Å². The van der Waals surface area contributed by atoms with E-state index in [9.17, 15) is 9.90 Å². The van der Waals surface area contributed by atoms with Crippen LogP contribution in [0.2, 0.25) is 0 Å². The summed E-state index contributed by atoms with van der Waals surface area (Å²) in [6.45, 7) is 10.5. The summed E-state index contributed by atoms with van der Waals surface area (Å²) in [6.07, 6.45) is 7.97. The maximum absolute atomic E-state index is 13.0. The highest BCUT2D eigenvalue weighted by Crippen LogP contribution is 2.39. The van der Waals surface area contributed by atoms with Gasteiger partial charge in [0.1, 0.15) is 12.4 Å². The number of aryl methyl sites for hydroxylation is 2. The lowest BCUT2D eigenvalue weighted by atomic mass is 9.76. The van der Waals surface area contributed by atoms with Crippen LogP contribution in [-0.2, 0) is 16.1 Å². The Labute approximate surface area is 185 Å². The van der Waals surface area contributed by atoms with E-state index < -0.39 is 0 Å². The van der Waals surface area contributed by atoms with Gasteiger partial charge in [0.2, 0.25) is 0 Å². The Hall–Kier alpha value is -2.33. The number of benzene rings is 1. The first-order chi connectivity index (χ1) is 14.3.